The van der Waals surface area contributed by atoms with Crippen LogP contribution in [0.15, 0.2) is 48.5 Å². The fourth-order valence-electron chi connectivity index (χ4n) is 2.29. The zero-order valence-electron chi connectivity index (χ0n) is 12.2. The number of nitrogens with zero attached hydrogens (tertiary/aromatic N) is 1. The third-order valence-corrected chi connectivity index (χ3v) is 3.48. The summed E-state index contributed by atoms with van der Waals surface area (Å²) in [6, 6.07) is 15.5. The van der Waals surface area contributed by atoms with Gasteiger partial charge in [0.2, 0.25) is 0 Å². The van der Waals surface area contributed by atoms with Crippen LogP contribution in [0.4, 0.5) is 11.4 Å². The predicted molar refractivity (Wildman–Crippen MR) is 87.8 cm³/mol. The van der Waals surface area contributed by atoms with Crippen LogP contribution in [0.25, 0.3) is 10.9 Å². The van der Waals surface area contributed by atoms with Crippen LogP contribution in [0.3, 0.4) is 0 Å². The van der Waals surface area contributed by atoms with Crippen molar-refractivity contribution in [2.45, 2.75) is 6.92 Å². The molecule has 0 aliphatic rings. The fraction of sp³-hybridized carbons (Fsp3) is 0.118. The molecule has 1 N–H and O–H groups in total. The van der Waals surface area contributed by atoms with Crippen LogP contribution in [0.5, 0.6) is 5.75 Å². The lowest BCUT2D eigenvalue weighted by molar-refractivity contribution is -0.00000455. The Labute approximate surface area is 140 Å². The van der Waals surface area contributed by atoms with Crippen molar-refractivity contribution in [2.24, 2.45) is 0 Å². The number of ether oxygens (including phenoxy) is 1. The van der Waals surface area contributed by atoms with Crippen molar-refractivity contribution in [3.05, 3.63) is 59.2 Å². The molecule has 0 aliphatic carbocycles. The number of hydrogen-bond donors (Lipinski definition) is 1. The Bertz CT molecular complexity index is 806. The summed E-state index contributed by atoms with van der Waals surface area (Å²) in [5.74, 6) is 0.813. The van der Waals surface area contributed by atoms with Gasteiger partial charge < -0.3 is 22.5 Å². The first-order valence-electron chi connectivity index (χ1n) is 6.64. The average Bonchev–Trinajstić information content (AvgIpc) is 2.48. The van der Waals surface area contributed by atoms with E-state index in [0.29, 0.717) is 5.02 Å². The number of hydrogen-bond acceptors (Lipinski definition) is 3. The monoisotopic (exact) mass is 333 g/mol. The number of fused-ring (bicyclic) bond motifs is 1. The van der Waals surface area contributed by atoms with Gasteiger partial charge in [0.15, 0.2) is 0 Å². The van der Waals surface area contributed by atoms with E-state index in [2.05, 4.69) is 10.3 Å². The van der Waals surface area contributed by atoms with Crippen molar-refractivity contribution in [1.82, 2.24) is 4.98 Å². The van der Waals surface area contributed by atoms with Crippen molar-refractivity contribution >= 4 is 33.9 Å². The number of rotatable bonds is 3. The number of benzene rings is 2. The van der Waals surface area contributed by atoms with Crippen LogP contribution in [0.2, 0.25) is 5.02 Å². The van der Waals surface area contributed by atoms with Crippen LogP contribution in [-0.2, 0) is 0 Å². The molecule has 0 saturated heterocycles. The smallest absolute Gasteiger partial charge is 0.120 e. The number of aryl methyl sites for hydroxylation is 1. The van der Waals surface area contributed by atoms with Gasteiger partial charge in [0.05, 0.1) is 12.6 Å². The van der Waals surface area contributed by atoms with E-state index in [-0.39, 0.29) is 12.4 Å². The van der Waals surface area contributed by atoms with Crippen molar-refractivity contribution in [3.63, 3.8) is 0 Å². The average molecular weight is 334 g/mol. The molecule has 0 fully saturated rings. The molecule has 5 heteroatoms. The van der Waals surface area contributed by atoms with Gasteiger partial charge in [-0.3, -0.25) is 4.98 Å². The molecule has 1 heterocycles. The molecule has 0 spiro atoms. The highest BCUT2D eigenvalue weighted by atomic mass is 35.5. The molecule has 3 nitrogen and oxygen atoms in total. The number of pyridine rings is 1. The van der Waals surface area contributed by atoms with Crippen LogP contribution >= 0.6 is 11.6 Å². The van der Waals surface area contributed by atoms with Gasteiger partial charge in [-0.15, -0.1) is 0 Å². The van der Waals surface area contributed by atoms with Crippen molar-refractivity contribution in [1.29, 1.82) is 0 Å². The molecule has 114 valence electrons. The van der Waals surface area contributed by atoms with E-state index in [1.54, 1.807) is 7.11 Å². The Morgan fingerprint density at radius 2 is 1.91 bits per heavy atom. The maximum absolute atomic E-state index is 6.11. The maximum atomic E-state index is 6.11. The molecular formula is C17H15Cl2N2O-. The van der Waals surface area contributed by atoms with Crippen LogP contribution in [0, 0.1) is 6.92 Å². The molecule has 0 radical (unpaired) electrons. The van der Waals surface area contributed by atoms with Gasteiger partial charge in [-0.05, 0) is 43.3 Å². The second kappa shape index (κ2) is 6.86. The highest BCUT2D eigenvalue weighted by Gasteiger charge is 2.06. The van der Waals surface area contributed by atoms with Gasteiger partial charge in [-0.2, -0.15) is 0 Å². The molecular weight excluding hydrogens is 319 g/mol. The quantitative estimate of drug-likeness (QED) is 0.795. The highest BCUT2D eigenvalue weighted by molar-refractivity contribution is 6.31. The summed E-state index contributed by atoms with van der Waals surface area (Å²) in [5.41, 5.74) is 3.81. The summed E-state index contributed by atoms with van der Waals surface area (Å²) < 4.78 is 5.25. The van der Waals surface area contributed by atoms with E-state index in [9.17, 15) is 0 Å². The minimum absolute atomic E-state index is 0. The first kappa shape index (κ1) is 16.4. The molecule has 3 aromatic rings. The molecule has 0 saturated carbocycles. The Balaban J connectivity index is 0.00000176. The molecule has 1 aromatic heterocycles. The molecule has 0 bridgehead atoms. The normalized spacial score (nSPS) is 10.1. The third-order valence-electron chi connectivity index (χ3n) is 3.25. The van der Waals surface area contributed by atoms with E-state index in [1.165, 1.54) is 0 Å². The van der Waals surface area contributed by atoms with Gasteiger partial charge >= 0.3 is 0 Å². The number of methoxy groups -OCH3 is 1. The Morgan fingerprint density at radius 3 is 2.68 bits per heavy atom. The van der Waals surface area contributed by atoms with Crippen LogP contribution in [0.1, 0.15) is 5.69 Å². The highest BCUT2D eigenvalue weighted by Crippen LogP contribution is 2.29. The van der Waals surface area contributed by atoms with Gasteiger partial charge in [-0.25, -0.2) is 0 Å². The van der Waals surface area contributed by atoms with Gasteiger partial charge in [0, 0.05) is 33.5 Å². The van der Waals surface area contributed by atoms with E-state index in [1.807, 2.05) is 55.5 Å². The summed E-state index contributed by atoms with van der Waals surface area (Å²) in [6.07, 6.45) is 0. The number of aromatic nitrogens is 1. The third kappa shape index (κ3) is 3.43. The second-order valence-electron chi connectivity index (χ2n) is 4.83. The molecule has 0 unspecified atom stereocenters. The molecule has 2 aromatic carbocycles. The lowest BCUT2D eigenvalue weighted by Crippen LogP contribution is -3.00. The van der Waals surface area contributed by atoms with E-state index >= 15 is 0 Å². The summed E-state index contributed by atoms with van der Waals surface area (Å²) >= 11 is 6.11. The van der Waals surface area contributed by atoms with Crippen LogP contribution < -0.4 is 22.5 Å². The zero-order chi connectivity index (χ0) is 14.8. The Hall–Kier alpha value is -1.97. The minimum atomic E-state index is 0. The van der Waals surface area contributed by atoms with E-state index in [0.717, 1.165) is 33.7 Å². The SMILES string of the molecule is COc1cccc(Nc2cc(C)nc3ccc(Cl)cc23)c1.[Cl-]. The summed E-state index contributed by atoms with van der Waals surface area (Å²) in [4.78, 5) is 4.53. The zero-order valence-corrected chi connectivity index (χ0v) is 13.7. The topological polar surface area (TPSA) is 34.1 Å². The van der Waals surface area contributed by atoms with Gasteiger partial charge in [0.25, 0.3) is 0 Å². The van der Waals surface area contributed by atoms with Crippen molar-refractivity contribution in [3.8, 4) is 5.75 Å². The lowest BCUT2D eigenvalue weighted by atomic mass is 10.1. The first-order valence-corrected chi connectivity index (χ1v) is 7.01. The number of anilines is 2. The predicted octanol–water partition coefficient (Wildman–Crippen LogP) is 1.95. The van der Waals surface area contributed by atoms with E-state index < -0.39 is 0 Å². The molecule has 0 amide bonds. The number of nitrogens with one attached hydrogen (secondary N) is 1. The summed E-state index contributed by atoms with van der Waals surface area (Å²) in [6.45, 7) is 1.98. The first-order chi connectivity index (χ1) is 10.2. The summed E-state index contributed by atoms with van der Waals surface area (Å²) in [7, 11) is 1.66. The fourth-order valence-corrected chi connectivity index (χ4v) is 2.46. The minimum Gasteiger partial charge on any atom is -1.00 e. The molecule has 0 atom stereocenters. The maximum Gasteiger partial charge on any atom is 0.120 e. The lowest BCUT2D eigenvalue weighted by Gasteiger charge is -2.12. The Kier molecular flexibility index (Phi) is 5.11. The van der Waals surface area contributed by atoms with E-state index in [4.69, 9.17) is 16.3 Å². The number of halogens is 2. The Morgan fingerprint density at radius 1 is 1.09 bits per heavy atom. The van der Waals surface area contributed by atoms with Crippen molar-refractivity contribution < 1.29 is 17.1 Å². The summed E-state index contributed by atoms with van der Waals surface area (Å²) in [5, 5.41) is 5.10. The largest absolute Gasteiger partial charge is 1.00 e. The molecule has 0 aliphatic heterocycles. The van der Waals surface area contributed by atoms with Gasteiger partial charge in [-0.1, -0.05) is 17.7 Å². The van der Waals surface area contributed by atoms with Gasteiger partial charge in [0.1, 0.15) is 5.75 Å². The standard InChI is InChI=1S/C17H15ClN2O.ClH/c1-11-8-17(15-9-12(18)6-7-16(15)19-11)20-13-4-3-5-14(10-13)21-2;/h3-10H,1-2H3,(H,19,20);1H/p-1. The van der Waals surface area contributed by atoms with Crippen LogP contribution in [-0.4, -0.2) is 12.1 Å². The molecule has 3 rings (SSSR count). The molecule has 22 heavy (non-hydrogen) atoms. The second-order valence-corrected chi connectivity index (χ2v) is 5.27. The van der Waals surface area contributed by atoms with Crippen molar-refractivity contribution in [2.75, 3.05) is 12.4 Å².